The van der Waals surface area contributed by atoms with Crippen LogP contribution in [0.4, 0.5) is 0 Å². The summed E-state index contributed by atoms with van der Waals surface area (Å²) in [5, 5.41) is 5.73. The number of aromatic nitrogens is 2. The molecule has 4 nitrogen and oxygen atoms in total. The highest BCUT2D eigenvalue weighted by atomic mass is 35.5. The smallest absolute Gasteiger partial charge is 0.250 e. The molecule has 0 aliphatic heterocycles. The maximum atomic E-state index is 6.27. The first-order valence-corrected chi connectivity index (χ1v) is 11.9. The summed E-state index contributed by atoms with van der Waals surface area (Å²) in [6, 6.07) is 14.1. The van der Waals surface area contributed by atoms with E-state index in [1.165, 1.54) is 18.4 Å². The van der Waals surface area contributed by atoms with Gasteiger partial charge in [-0.25, -0.2) is 0 Å². The van der Waals surface area contributed by atoms with Gasteiger partial charge in [0, 0.05) is 16.6 Å². The van der Waals surface area contributed by atoms with Gasteiger partial charge in [0.15, 0.2) is 0 Å². The maximum Gasteiger partial charge on any atom is 0.250 e. The third kappa shape index (κ3) is 5.37. The van der Waals surface area contributed by atoms with Gasteiger partial charge in [0.05, 0.1) is 10.0 Å². The summed E-state index contributed by atoms with van der Waals surface area (Å²) in [5.74, 6) is 2.04. The molecule has 1 fully saturated rings. The zero-order chi connectivity index (χ0) is 22.7. The summed E-state index contributed by atoms with van der Waals surface area (Å²) in [7, 11) is 4.31. The van der Waals surface area contributed by atoms with Crippen LogP contribution in [0.15, 0.2) is 53.1 Å². The van der Waals surface area contributed by atoms with Crippen LogP contribution in [0.25, 0.3) is 17.5 Å². The number of nitrogens with zero attached hydrogens (tertiary/aromatic N) is 3. The highest BCUT2D eigenvalue weighted by molar-refractivity contribution is 6.43. The van der Waals surface area contributed by atoms with Gasteiger partial charge in [0.25, 0.3) is 5.89 Å². The van der Waals surface area contributed by atoms with Crippen LogP contribution in [-0.2, 0) is 0 Å². The fourth-order valence-electron chi connectivity index (χ4n) is 4.61. The molecule has 0 bridgehead atoms. The Kier molecular flexibility index (Phi) is 7.57. The lowest BCUT2D eigenvalue weighted by Crippen LogP contribution is -2.30. The second kappa shape index (κ2) is 10.4. The molecule has 1 aliphatic rings. The summed E-state index contributed by atoms with van der Waals surface area (Å²) >= 11 is 18.4. The third-order valence-electron chi connectivity index (χ3n) is 6.18. The molecule has 3 aromatic rings. The lowest BCUT2D eigenvalue weighted by molar-refractivity contribution is 0.159. The Morgan fingerprint density at radius 1 is 1.00 bits per heavy atom. The van der Waals surface area contributed by atoms with Gasteiger partial charge in [-0.2, -0.15) is 4.98 Å². The van der Waals surface area contributed by atoms with Gasteiger partial charge >= 0.3 is 0 Å². The quantitative estimate of drug-likeness (QED) is 0.353. The van der Waals surface area contributed by atoms with Gasteiger partial charge in [-0.3, -0.25) is 0 Å². The molecule has 1 heterocycles. The number of halogens is 3. The van der Waals surface area contributed by atoms with Crippen LogP contribution in [0.5, 0.6) is 0 Å². The Hall–Kier alpha value is -1.85. The molecule has 0 N–H and O–H groups in total. The van der Waals surface area contributed by atoms with E-state index in [1.807, 2.05) is 30.3 Å². The number of hydrogen-bond donors (Lipinski definition) is 0. The van der Waals surface area contributed by atoms with Crippen molar-refractivity contribution in [3.05, 3.63) is 75.1 Å². The van der Waals surface area contributed by atoms with E-state index >= 15 is 0 Å². The SMILES string of the molecule is CN(C)C(c1ccc(Cl)cc1)C1CCC(C=Cc2nc(-c3cccc(Cl)c3Cl)no2)CC1. The van der Waals surface area contributed by atoms with Gasteiger partial charge in [-0.15, -0.1) is 0 Å². The molecule has 1 unspecified atom stereocenters. The fraction of sp³-hybridized carbons (Fsp3) is 0.360. The molecule has 0 radical (unpaired) electrons. The molecular weight excluding hydrogens is 465 g/mol. The molecule has 2 aromatic carbocycles. The molecule has 32 heavy (non-hydrogen) atoms. The van der Waals surface area contributed by atoms with E-state index in [2.05, 4.69) is 47.3 Å². The van der Waals surface area contributed by atoms with Crippen molar-refractivity contribution in [1.82, 2.24) is 15.0 Å². The molecule has 168 valence electrons. The Labute approximate surface area is 204 Å². The van der Waals surface area contributed by atoms with Crippen LogP contribution in [0.1, 0.15) is 43.2 Å². The average Bonchev–Trinajstić information content (AvgIpc) is 3.25. The molecule has 1 atom stereocenters. The van der Waals surface area contributed by atoms with Crippen molar-refractivity contribution < 1.29 is 4.52 Å². The molecular formula is C25H26Cl3N3O. The number of benzene rings is 2. The maximum absolute atomic E-state index is 6.27. The normalized spacial score (nSPS) is 20.2. The average molecular weight is 491 g/mol. The van der Waals surface area contributed by atoms with E-state index in [0.29, 0.717) is 45.2 Å². The van der Waals surface area contributed by atoms with Crippen LogP contribution in [-0.4, -0.2) is 29.1 Å². The zero-order valence-electron chi connectivity index (χ0n) is 18.1. The molecule has 1 aliphatic carbocycles. The van der Waals surface area contributed by atoms with Crippen molar-refractivity contribution in [1.29, 1.82) is 0 Å². The molecule has 1 aromatic heterocycles. The Balaban J connectivity index is 1.38. The van der Waals surface area contributed by atoms with E-state index in [-0.39, 0.29) is 0 Å². The van der Waals surface area contributed by atoms with Crippen molar-refractivity contribution in [2.75, 3.05) is 14.1 Å². The number of rotatable bonds is 6. The van der Waals surface area contributed by atoms with E-state index in [1.54, 1.807) is 6.07 Å². The van der Waals surface area contributed by atoms with Crippen molar-refractivity contribution in [3.63, 3.8) is 0 Å². The minimum atomic E-state index is 0.401. The van der Waals surface area contributed by atoms with E-state index < -0.39 is 0 Å². The fourth-order valence-corrected chi connectivity index (χ4v) is 5.12. The van der Waals surface area contributed by atoms with Gasteiger partial charge < -0.3 is 9.42 Å². The summed E-state index contributed by atoms with van der Waals surface area (Å²) in [6.45, 7) is 0. The monoisotopic (exact) mass is 489 g/mol. The lowest BCUT2D eigenvalue weighted by Gasteiger charge is -2.37. The number of allylic oxidation sites excluding steroid dienone is 1. The van der Waals surface area contributed by atoms with Crippen LogP contribution < -0.4 is 0 Å². The van der Waals surface area contributed by atoms with Crippen LogP contribution in [0.3, 0.4) is 0 Å². The summed E-state index contributed by atoms with van der Waals surface area (Å²) in [5.41, 5.74) is 2.00. The van der Waals surface area contributed by atoms with Crippen molar-refractivity contribution in [2.45, 2.75) is 31.7 Å². The highest BCUT2D eigenvalue weighted by Gasteiger charge is 2.29. The highest BCUT2D eigenvalue weighted by Crippen LogP contribution is 2.40. The second-order valence-electron chi connectivity index (χ2n) is 8.55. The molecule has 4 rings (SSSR count). The molecule has 0 saturated heterocycles. The minimum Gasteiger partial charge on any atom is -0.334 e. The summed E-state index contributed by atoms with van der Waals surface area (Å²) in [4.78, 5) is 6.78. The predicted molar refractivity (Wildman–Crippen MR) is 132 cm³/mol. The first-order chi connectivity index (χ1) is 15.4. The van der Waals surface area contributed by atoms with Gasteiger partial charge in [0.1, 0.15) is 0 Å². The van der Waals surface area contributed by atoms with Gasteiger partial charge in [-0.1, -0.05) is 64.2 Å². The largest absolute Gasteiger partial charge is 0.334 e. The standard InChI is InChI=1S/C25H26Cl3N3O/c1-31(2)24(18-11-13-19(26)14-12-18)17-9-6-16(7-10-17)8-15-22-29-25(30-32-22)20-4-3-5-21(27)23(20)28/h3-5,8,11-17,24H,6-7,9-10H2,1-2H3. The number of hydrogen-bond acceptors (Lipinski definition) is 4. The van der Waals surface area contributed by atoms with Crippen molar-refractivity contribution in [3.8, 4) is 11.4 Å². The topological polar surface area (TPSA) is 42.2 Å². The summed E-state index contributed by atoms with van der Waals surface area (Å²) in [6.07, 6.45) is 8.74. The Morgan fingerprint density at radius 3 is 2.41 bits per heavy atom. The second-order valence-corrected chi connectivity index (χ2v) is 9.77. The van der Waals surface area contributed by atoms with Crippen molar-refractivity contribution in [2.24, 2.45) is 11.8 Å². The molecule has 0 spiro atoms. The summed E-state index contributed by atoms with van der Waals surface area (Å²) < 4.78 is 5.40. The van der Waals surface area contributed by atoms with Crippen molar-refractivity contribution >= 4 is 40.9 Å². The minimum absolute atomic E-state index is 0.401. The van der Waals surface area contributed by atoms with Crippen LogP contribution in [0.2, 0.25) is 15.1 Å². The molecule has 7 heteroatoms. The van der Waals surface area contributed by atoms with Crippen LogP contribution >= 0.6 is 34.8 Å². The van der Waals surface area contributed by atoms with Crippen LogP contribution in [0, 0.1) is 11.8 Å². The predicted octanol–water partition coefficient (Wildman–Crippen LogP) is 7.82. The first kappa shape index (κ1) is 23.3. The Bertz CT molecular complexity index is 1070. The van der Waals surface area contributed by atoms with Gasteiger partial charge in [0.2, 0.25) is 5.82 Å². The van der Waals surface area contributed by atoms with E-state index in [4.69, 9.17) is 39.3 Å². The first-order valence-electron chi connectivity index (χ1n) is 10.8. The molecule has 1 saturated carbocycles. The lowest BCUT2D eigenvalue weighted by atomic mass is 9.76. The van der Waals surface area contributed by atoms with E-state index in [9.17, 15) is 0 Å². The van der Waals surface area contributed by atoms with Gasteiger partial charge in [-0.05, 0) is 87.5 Å². The Morgan fingerprint density at radius 2 is 1.72 bits per heavy atom. The zero-order valence-corrected chi connectivity index (χ0v) is 20.4. The molecule has 0 amide bonds. The van der Waals surface area contributed by atoms with E-state index in [0.717, 1.165) is 17.9 Å². The third-order valence-corrected chi connectivity index (χ3v) is 7.25.